The molecule has 0 amide bonds. The molecule has 0 aliphatic rings. The standard InChI is InChI=1S/C12H22N4O2S2/c1-6-16(7-8(2)12(13)19)20(17,18)11-9(3)14-15(5)10(11)4/h8H,6-7H2,1-5H3,(H2,13,19). The molecule has 0 fully saturated rings. The molecule has 0 spiro atoms. The van der Waals surface area contributed by atoms with Gasteiger partial charge >= 0.3 is 0 Å². The van der Waals surface area contributed by atoms with Crippen molar-refractivity contribution in [3.05, 3.63) is 11.4 Å². The van der Waals surface area contributed by atoms with Gasteiger partial charge in [0.2, 0.25) is 10.0 Å². The summed E-state index contributed by atoms with van der Waals surface area (Å²) < 4.78 is 28.5. The third-order valence-electron chi connectivity index (χ3n) is 3.36. The molecule has 0 bridgehead atoms. The quantitative estimate of drug-likeness (QED) is 0.791. The highest BCUT2D eigenvalue weighted by Gasteiger charge is 2.30. The minimum absolute atomic E-state index is 0.169. The van der Waals surface area contributed by atoms with Crippen molar-refractivity contribution in [3.8, 4) is 0 Å². The van der Waals surface area contributed by atoms with Gasteiger partial charge < -0.3 is 5.73 Å². The van der Waals surface area contributed by atoms with E-state index in [-0.39, 0.29) is 17.4 Å². The lowest BCUT2D eigenvalue weighted by Gasteiger charge is -2.23. The topological polar surface area (TPSA) is 81.2 Å². The summed E-state index contributed by atoms with van der Waals surface area (Å²) >= 11 is 4.92. The lowest BCUT2D eigenvalue weighted by Crippen LogP contribution is -2.38. The predicted octanol–water partition coefficient (Wildman–Crippen LogP) is 0.970. The van der Waals surface area contributed by atoms with E-state index in [4.69, 9.17) is 18.0 Å². The molecule has 0 saturated carbocycles. The second-order valence-corrected chi connectivity index (χ2v) is 7.23. The van der Waals surface area contributed by atoms with Gasteiger partial charge in [-0.2, -0.15) is 9.40 Å². The van der Waals surface area contributed by atoms with Crippen LogP contribution in [0.25, 0.3) is 0 Å². The molecule has 1 aromatic rings. The normalized spacial score (nSPS) is 13.7. The van der Waals surface area contributed by atoms with E-state index >= 15 is 0 Å². The van der Waals surface area contributed by atoms with E-state index in [9.17, 15) is 8.42 Å². The lowest BCUT2D eigenvalue weighted by atomic mass is 10.2. The molecule has 114 valence electrons. The maximum Gasteiger partial charge on any atom is 0.246 e. The number of thiocarbonyl (C=S) groups is 1. The monoisotopic (exact) mass is 318 g/mol. The number of nitrogens with two attached hydrogens (primary N) is 1. The Bertz CT molecular complexity index is 607. The summed E-state index contributed by atoms with van der Waals surface area (Å²) in [5.74, 6) is -0.169. The molecule has 20 heavy (non-hydrogen) atoms. The van der Waals surface area contributed by atoms with Crippen molar-refractivity contribution in [3.63, 3.8) is 0 Å². The van der Waals surface area contributed by atoms with E-state index < -0.39 is 10.0 Å². The maximum atomic E-state index is 12.8. The summed E-state index contributed by atoms with van der Waals surface area (Å²) in [5, 5.41) is 4.17. The van der Waals surface area contributed by atoms with Crippen LogP contribution in [-0.4, -0.2) is 40.6 Å². The zero-order valence-electron chi connectivity index (χ0n) is 12.5. The number of hydrogen-bond donors (Lipinski definition) is 1. The summed E-state index contributed by atoms with van der Waals surface area (Å²) in [5.41, 5.74) is 6.71. The predicted molar refractivity (Wildman–Crippen MR) is 83.1 cm³/mol. The largest absolute Gasteiger partial charge is 0.393 e. The number of hydrogen-bond acceptors (Lipinski definition) is 4. The Balaban J connectivity index is 3.22. The average Bonchev–Trinajstić information content (AvgIpc) is 2.59. The second kappa shape index (κ2) is 6.19. The van der Waals surface area contributed by atoms with Crippen LogP contribution in [0, 0.1) is 19.8 Å². The summed E-state index contributed by atoms with van der Waals surface area (Å²) in [6.07, 6.45) is 0. The van der Waals surface area contributed by atoms with Crippen molar-refractivity contribution < 1.29 is 8.42 Å². The van der Waals surface area contributed by atoms with Crippen molar-refractivity contribution in [2.75, 3.05) is 13.1 Å². The fourth-order valence-corrected chi connectivity index (χ4v) is 4.06. The molecule has 6 nitrogen and oxygen atoms in total. The maximum absolute atomic E-state index is 12.8. The van der Waals surface area contributed by atoms with Crippen LogP contribution in [0.4, 0.5) is 0 Å². The molecule has 0 radical (unpaired) electrons. The van der Waals surface area contributed by atoms with Crippen LogP contribution in [0.15, 0.2) is 4.90 Å². The zero-order valence-corrected chi connectivity index (χ0v) is 14.2. The van der Waals surface area contributed by atoms with Gasteiger partial charge in [0.15, 0.2) is 0 Å². The second-order valence-electron chi connectivity index (χ2n) is 4.88. The van der Waals surface area contributed by atoms with Gasteiger partial charge in [0.1, 0.15) is 4.90 Å². The van der Waals surface area contributed by atoms with Crippen LogP contribution in [0.2, 0.25) is 0 Å². The van der Waals surface area contributed by atoms with E-state index in [0.717, 1.165) is 0 Å². The van der Waals surface area contributed by atoms with Crippen LogP contribution >= 0.6 is 12.2 Å². The Morgan fingerprint density at radius 1 is 1.50 bits per heavy atom. The van der Waals surface area contributed by atoms with E-state index in [0.29, 0.717) is 22.9 Å². The number of rotatable bonds is 6. The van der Waals surface area contributed by atoms with Crippen LogP contribution in [0.3, 0.4) is 0 Å². The van der Waals surface area contributed by atoms with Gasteiger partial charge in [-0.1, -0.05) is 26.1 Å². The molecule has 1 unspecified atom stereocenters. The Kier molecular flexibility index (Phi) is 5.28. The van der Waals surface area contributed by atoms with E-state index in [2.05, 4.69) is 5.10 Å². The third kappa shape index (κ3) is 3.18. The Labute approximate surface area is 126 Å². The first kappa shape index (κ1) is 17.1. The number of aromatic nitrogens is 2. The highest BCUT2D eigenvalue weighted by atomic mass is 32.2. The van der Waals surface area contributed by atoms with Gasteiger partial charge in [0.25, 0.3) is 0 Å². The van der Waals surface area contributed by atoms with E-state index in [1.807, 2.05) is 6.92 Å². The first-order valence-corrected chi connectivity index (χ1v) is 8.27. The molecular weight excluding hydrogens is 296 g/mol. The minimum Gasteiger partial charge on any atom is -0.393 e. The third-order valence-corrected chi connectivity index (χ3v) is 5.95. The lowest BCUT2D eigenvalue weighted by molar-refractivity contribution is 0.404. The van der Waals surface area contributed by atoms with Crippen molar-refractivity contribution in [2.24, 2.45) is 18.7 Å². The molecular formula is C12H22N4O2S2. The van der Waals surface area contributed by atoms with Crippen molar-refractivity contribution in [1.82, 2.24) is 14.1 Å². The Morgan fingerprint density at radius 2 is 2.05 bits per heavy atom. The summed E-state index contributed by atoms with van der Waals surface area (Å²) in [6, 6.07) is 0. The molecule has 0 saturated heterocycles. The molecule has 0 aromatic carbocycles. The fourth-order valence-electron chi connectivity index (χ4n) is 2.05. The van der Waals surface area contributed by atoms with E-state index in [1.54, 1.807) is 32.5 Å². The minimum atomic E-state index is -3.59. The SMILES string of the molecule is CCN(CC(C)C(N)=S)S(=O)(=O)c1c(C)nn(C)c1C. The summed E-state index contributed by atoms with van der Waals surface area (Å²) in [6.45, 7) is 7.71. The highest BCUT2D eigenvalue weighted by molar-refractivity contribution is 7.89. The number of sulfonamides is 1. The number of aryl methyl sites for hydroxylation is 2. The number of nitrogens with zero attached hydrogens (tertiary/aromatic N) is 3. The highest BCUT2D eigenvalue weighted by Crippen LogP contribution is 2.23. The Hall–Kier alpha value is -0.990. The van der Waals surface area contributed by atoms with Crippen LogP contribution in [0.1, 0.15) is 25.2 Å². The van der Waals surface area contributed by atoms with Gasteiger partial charge in [0, 0.05) is 26.1 Å². The molecule has 1 aromatic heterocycles. The van der Waals surface area contributed by atoms with Crippen LogP contribution in [0.5, 0.6) is 0 Å². The van der Waals surface area contributed by atoms with Gasteiger partial charge in [-0.15, -0.1) is 0 Å². The van der Waals surface area contributed by atoms with Crippen LogP contribution < -0.4 is 5.73 Å². The molecule has 1 atom stereocenters. The van der Waals surface area contributed by atoms with Gasteiger partial charge in [-0.3, -0.25) is 4.68 Å². The molecule has 1 rings (SSSR count). The van der Waals surface area contributed by atoms with Crippen LogP contribution in [-0.2, 0) is 17.1 Å². The first-order valence-electron chi connectivity index (χ1n) is 6.42. The van der Waals surface area contributed by atoms with Gasteiger partial charge in [-0.25, -0.2) is 8.42 Å². The van der Waals surface area contributed by atoms with E-state index in [1.165, 1.54) is 4.31 Å². The first-order chi connectivity index (χ1) is 9.12. The van der Waals surface area contributed by atoms with Crippen molar-refractivity contribution in [1.29, 1.82) is 0 Å². The molecule has 0 aliphatic carbocycles. The van der Waals surface area contributed by atoms with Crippen molar-refractivity contribution >= 4 is 27.2 Å². The van der Waals surface area contributed by atoms with Crippen molar-refractivity contribution in [2.45, 2.75) is 32.6 Å². The van der Waals surface area contributed by atoms with Gasteiger partial charge in [-0.05, 0) is 13.8 Å². The Morgan fingerprint density at radius 3 is 2.40 bits per heavy atom. The molecule has 2 N–H and O–H groups in total. The van der Waals surface area contributed by atoms with Gasteiger partial charge in [0.05, 0.1) is 16.4 Å². The average molecular weight is 318 g/mol. The summed E-state index contributed by atoms with van der Waals surface area (Å²) in [7, 11) is -1.85. The summed E-state index contributed by atoms with van der Waals surface area (Å²) in [4.78, 5) is 0.593. The fraction of sp³-hybridized carbons (Fsp3) is 0.667. The molecule has 1 heterocycles. The smallest absolute Gasteiger partial charge is 0.246 e. The molecule has 8 heteroatoms. The zero-order chi connectivity index (χ0) is 15.7. The molecule has 0 aliphatic heterocycles.